The number of carboxylic acid groups (broad SMARTS) is 1. The molecular weight excluding hydrogens is 294 g/mol. The van der Waals surface area contributed by atoms with Crippen molar-refractivity contribution >= 4 is 25.9 Å². The van der Waals surface area contributed by atoms with Gasteiger partial charge in [0.1, 0.15) is 5.54 Å². The van der Waals surface area contributed by atoms with E-state index in [-0.39, 0.29) is 12.3 Å². The van der Waals surface area contributed by atoms with Crippen LogP contribution in [-0.4, -0.2) is 31.3 Å². The first-order valence-electron chi connectivity index (χ1n) is 7.44. The fourth-order valence-corrected chi connectivity index (χ4v) is 4.07. The Labute approximate surface area is 133 Å². The third-order valence-electron chi connectivity index (χ3n) is 3.68. The lowest BCUT2D eigenvalue weighted by atomic mass is 9.92. The van der Waals surface area contributed by atoms with Crippen LogP contribution < -0.4 is 10.5 Å². The van der Waals surface area contributed by atoms with E-state index in [1.165, 1.54) is 17.7 Å². The van der Waals surface area contributed by atoms with Gasteiger partial charge in [0.05, 0.1) is 8.80 Å². The van der Waals surface area contributed by atoms with Gasteiger partial charge in [-0.25, -0.2) is 4.79 Å². The molecule has 1 aromatic carbocycles. The summed E-state index contributed by atoms with van der Waals surface area (Å²) in [5.41, 5.74) is 0.906. The summed E-state index contributed by atoms with van der Waals surface area (Å²) in [7, 11) is -1.12. The van der Waals surface area contributed by atoms with Crippen molar-refractivity contribution in [3.63, 3.8) is 0 Å². The van der Waals surface area contributed by atoms with Crippen LogP contribution in [0.25, 0.3) is 0 Å². The molecule has 0 aliphatic rings. The molecule has 1 rings (SSSR count). The number of nitrogens with one attached hydrogen (secondary N) is 1. The molecule has 0 bridgehead atoms. The van der Waals surface area contributed by atoms with Crippen molar-refractivity contribution in [2.75, 3.05) is 0 Å². The highest BCUT2D eigenvalue weighted by Gasteiger charge is 2.35. The van der Waals surface area contributed by atoms with Crippen molar-refractivity contribution in [2.24, 2.45) is 0 Å². The van der Waals surface area contributed by atoms with Crippen LogP contribution in [0.3, 0.4) is 0 Å². The Kier molecular flexibility index (Phi) is 6.11. The van der Waals surface area contributed by atoms with Gasteiger partial charge in [-0.05, 0) is 24.5 Å². The SMILES string of the molecule is C=CCc1ccc(C[C@](C)(NC(C)=O)C(=O)O)c([SiH](C)C)c1. The molecule has 0 radical (unpaired) electrons. The topological polar surface area (TPSA) is 66.4 Å². The zero-order valence-electron chi connectivity index (χ0n) is 13.8. The fourth-order valence-electron chi connectivity index (χ4n) is 2.58. The summed E-state index contributed by atoms with van der Waals surface area (Å²) in [6.45, 7) is 11.1. The van der Waals surface area contributed by atoms with E-state index >= 15 is 0 Å². The minimum atomic E-state index is -1.29. The lowest BCUT2D eigenvalue weighted by Gasteiger charge is -2.27. The average Bonchev–Trinajstić information content (AvgIpc) is 2.39. The van der Waals surface area contributed by atoms with Gasteiger partial charge in [0.25, 0.3) is 0 Å². The summed E-state index contributed by atoms with van der Waals surface area (Å²) in [4.78, 5) is 22.9. The molecule has 1 amide bonds. The monoisotopic (exact) mass is 319 g/mol. The molecule has 0 fully saturated rings. The van der Waals surface area contributed by atoms with E-state index in [9.17, 15) is 14.7 Å². The number of hydrogen-bond donors (Lipinski definition) is 2. The predicted molar refractivity (Wildman–Crippen MR) is 92.4 cm³/mol. The van der Waals surface area contributed by atoms with Gasteiger partial charge in [-0.1, -0.05) is 42.6 Å². The van der Waals surface area contributed by atoms with E-state index in [0.717, 1.165) is 12.0 Å². The zero-order valence-corrected chi connectivity index (χ0v) is 14.9. The Morgan fingerprint density at radius 2 is 2.05 bits per heavy atom. The maximum Gasteiger partial charge on any atom is 0.329 e. The lowest BCUT2D eigenvalue weighted by molar-refractivity contribution is -0.146. The molecule has 2 N–H and O–H groups in total. The Balaban J connectivity index is 3.21. The molecule has 0 spiro atoms. The van der Waals surface area contributed by atoms with Crippen molar-refractivity contribution in [3.8, 4) is 0 Å². The van der Waals surface area contributed by atoms with Crippen molar-refractivity contribution in [1.29, 1.82) is 0 Å². The standard InChI is InChI=1S/C17H25NO3Si/c1-6-7-13-8-9-14(15(10-13)22(4)5)11-17(3,16(20)21)18-12(2)19/h6,8-10,22H,1,7,11H2,2-5H3,(H,18,19)(H,20,21)/t17-/m0/s1. The van der Waals surface area contributed by atoms with Gasteiger partial charge < -0.3 is 10.4 Å². The number of carboxylic acids is 1. The minimum absolute atomic E-state index is 0.288. The first kappa shape index (κ1) is 18.2. The molecule has 120 valence electrons. The maximum absolute atomic E-state index is 11.6. The number of hydrogen-bond acceptors (Lipinski definition) is 2. The van der Waals surface area contributed by atoms with Crippen molar-refractivity contribution in [3.05, 3.63) is 42.0 Å². The van der Waals surface area contributed by atoms with E-state index in [2.05, 4.69) is 31.1 Å². The molecule has 0 aliphatic heterocycles. The number of rotatable bonds is 7. The van der Waals surface area contributed by atoms with Gasteiger partial charge in [0.2, 0.25) is 5.91 Å². The number of aliphatic carboxylic acids is 1. The predicted octanol–water partition coefficient (Wildman–Crippen LogP) is 1.63. The number of allylic oxidation sites excluding steroid dienone is 1. The van der Waals surface area contributed by atoms with Gasteiger partial charge in [-0.15, -0.1) is 6.58 Å². The van der Waals surface area contributed by atoms with Crippen LogP contribution in [0.1, 0.15) is 25.0 Å². The van der Waals surface area contributed by atoms with E-state index in [1.807, 2.05) is 18.2 Å². The Hall–Kier alpha value is -1.88. The Morgan fingerprint density at radius 3 is 2.50 bits per heavy atom. The van der Waals surface area contributed by atoms with E-state index in [0.29, 0.717) is 0 Å². The lowest BCUT2D eigenvalue weighted by Crippen LogP contribution is -2.54. The molecular formula is C17H25NO3Si. The van der Waals surface area contributed by atoms with Crippen molar-refractivity contribution in [2.45, 2.75) is 45.3 Å². The molecule has 4 nitrogen and oxygen atoms in total. The molecule has 1 atom stereocenters. The molecule has 5 heteroatoms. The average molecular weight is 319 g/mol. The van der Waals surface area contributed by atoms with Crippen LogP contribution in [0.2, 0.25) is 13.1 Å². The summed E-state index contributed by atoms with van der Waals surface area (Å²) in [5.74, 6) is -1.36. The van der Waals surface area contributed by atoms with E-state index < -0.39 is 20.3 Å². The quantitative estimate of drug-likeness (QED) is 0.593. The molecule has 22 heavy (non-hydrogen) atoms. The van der Waals surface area contributed by atoms with Crippen LogP contribution in [-0.2, 0) is 22.4 Å². The van der Waals surface area contributed by atoms with Crippen molar-refractivity contribution in [1.82, 2.24) is 5.32 Å². The number of carbonyl (C=O) groups excluding carboxylic acids is 1. The summed E-state index contributed by atoms with van der Waals surface area (Å²) in [6.07, 6.45) is 2.95. The zero-order chi connectivity index (χ0) is 16.9. The molecule has 0 aromatic heterocycles. The first-order valence-corrected chi connectivity index (χ1v) is 10.3. The Bertz CT molecular complexity index is 583. The molecule has 0 heterocycles. The van der Waals surface area contributed by atoms with Crippen LogP contribution in [0.4, 0.5) is 0 Å². The number of amides is 1. The maximum atomic E-state index is 11.6. The Morgan fingerprint density at radius 1 is 1.41 bits per heavy atom. The molecule has 0 aliphatic carbocycles. The summed E-state index contributed by atoms with van der Waals surface area (Å²) in [6, 6.07) is 6.15. The first-order chi connectivity index (χ1) is 10.2. The third kappa shape index (κ3) is 4.56. The van der Waals surface area contributed by atoms with Crippen LogP contribution in [0.5, 0.6) is 0 Å². The second-order valence-corrected chi connectivity index (χ2v) is 9.11. The summed E-state index contributed by atoms with van der Waals surface area (Å²) >= 11 is 0. The van der Waals surface area contributed by atoms with Crippen LogP contribution >= 0.6 is 0 Å². The number of carbonyl (C=O) groups is 2. The molecule has 1 aromatic rings. The van der Waals surface area contributed by atoms with Crippen molar-refractivity contribution < 1.29 is 14.7 Å². The molecule has 0 saturated carbocycles. The summed E-state index contributed by atoms with van der Waals surface area (Å²) in [5, 5.41) is 13.3. The molecule has 0 unspecified atom stereocenters. The fraction of sp³-hybridized carbons (Fsp3) is 0.412. The van der Waals surface area contributed by atoms with Gasteiger partial charge >= 0.3 is 5.97 Å². The van der Waals surface area contributed by atoms with Crippen LogP contribution in [0, 0.1) is 0 Å². The normalized spacial score (nSPS) is 13.5. The second kappa shape index (κ2) is 7.40. The highest BCUT2D eigenvalue weighted by molar-refractivity contribution is 6.71. The van der Waals surface area contributed by atoms with Gasteiger partial charge in [0, 0.05) is 13.3 Å². The second-order valence-electron chi connectivity index (χ2n) is 6.18. The largest absolute Gasteiger partial charge is 0.480 e. The van der Waals surface area contributed by atoms with Gasteiger partial charge in [0.15, 0.2) is 0 Å². The molecule has 0 saturated heterocycles. The third-order valence-corrected chi connectivity index (χ3v) is 5.46. The summed E-state index contributed by atoms with van der Waals surface area (Å²) < 4.78 is 0. The van der Waals surface area contributed by atoms with Gasteiger partial charge in [-0.3, -0.25) is 4.79 Å². The smallest absolute Gasteiger partial charge is 0.329 e. The number of benzene rings is 1. The minimum Gasteiger partial charge on any atom is -0.480 e. The highest BCUT2D eigenvalue weighted by Crippen LogP contribution is 2.15. The highest BCUT2D eigenvalue weighted by atomic mass is 28.3. The van der Waals surface area contributed by atoms with E-state index in [1.54, 1.807) is 6.92 Å². The van der Waals surface area contributed by atoms with Gasteiger partial charge in [-0.2, -0.15) is 0 Å². The van der Waals surface area contributed by atoms with E-state index in [4.69, 9.17) is 0 Å². The van der Waals surface area contributed by atoms with Crippen LogP contribution in [0.15, 0.2) is 30.9 Å².